The summed E-state index contributed by atoms with van der Waals surface area (Å²) in [4.78, 5) is 83.1. The first-order valence-corrected chi connectivity index (χ1v) is 20.6. The summed E-state index contributed by atoms with van der Waals surface area (Å²) in [5.41, 5.74) is 23.4. The van der Waals surface area contributed by atoms with Crippen LogP contribution < -0.4 is 33.2 Å². The predicted octanol–water partition coefficient (Wildman–Crippen LogP) is 4.76. The average molecular weight is 847 g/mol. The van der Waals surface area contributed by atoms with Gasteiger partial charge >= 0.3 is 0 Å². The Morgan fingerprint density at radius 1 is 0.508 bits per heavy atom. The Morgan fingerprint density at radius 2 is 0.857 bits per heavy atom. The highest BCUT2D eigenvalue weighted by atomic mass is 16.2. The third kappa shape index (κ3) is 9.39. The average Bonchev–Trinajstić information content (AvgIpc) is 4.22. The van der Waals surface area contributed by atoms with E-state index in [0.717, 1.165) is 49.7 Å². The van der Waals surface area contributed by atoms with Crippen molar-refractivity contribution in [1.82, 2.24) is 35.1 Å². The summed E-state index contributed by atoms with van der Waals surface area (Å²) >= 11 is 0. The second-order valence-electron chi connectivity index (χ2n) is 16.1. The van der Waals surface area contributed by atoms with E-state index in [9.17, 15) is 28.8 Å². The molecule has 3 aliphatic rings. The minimum absolute atomic E-state index is 0.0591. The van der Waals surface area contributed by atoms with Gasteiger partial charge in [0.05, 0.1) is 11.4 Å². The van der Waals surface area contributed by atoms with Gasteiger partial charge < -0.3 is 33.2 Å². The summed E-state index contributed by atoms with van der Waals surface area (Å²) in [6, 6.07) is 24.1. The molecule has 9 rings (SSSR count). The smallest absolute Gasteiger partial charge is 0.251 e. The number of nitrogen functional groups attached to an aromatic ring is 2. The molecule has 0 atom stereocenters. The van der Waals surface area contributed by atoms with Crippen molar-refractivity contribution in [2.24, 2.45) is 5.73 Å². The Labute approximate surface area is 362 Å². The predicted molar refractivity (Wildman–Crippen MR) is 235 cm³/mol. The van der Waals surface area contributed by atoms with Gasteiger partial charge in [-0.25, -0.2) is 9.97 Å². The number of aryl methyl sites for hydroxylation is 2. The summed E-state index contributed by atoms with van der Waals surface area (Å²) in [6.45, 7) is 3.79. The number of imidazole rings is 2. The Kier molecular flexibility index (Phi) is 11.4. The zero-order valence-corrected chi connectivity index (χ0v) is 34.7. The molecule has 4 amide bonds. The molecule has 3 aliphatic carbocycles. The fraction of sp³-hybridized carbons (Fsp3) is 0.234. The van der Waals surface area contributed by atoms with Crippen molar-refractivity contribution in [2.75, 3.05) is 11.5 Å². The fourth-order valence-corrected chi connectivity index (χ4v) is 6.85. The Bertz CT molecular complexity index is 2830. The van der Waals surface area contributed by atoms with Gasteiger partial charge in [0.15, 0.2) is 11.4 Å². The van der Waals surface area contributed by atoms with Gasteiger partial charge in [-0.05, 0) is 112 Å². The van der Waals surface area contributed by atoms with Gasteiger partial charge in [0.25, 0.3) is 17.7 Å². The topological polar surface area (TPSA) is 252 Å². The van der Waals surface area contributed by atoms with Crippen molar-refractivity contribution in [3.8, 4) is 11.4 Å². The van der Waals surface area contributed by atoms with Crippen LogP contribution in [-0.4, -0.2) is 72.4 Å². The third-order valence-electron chi connectivity index (χ3n) is 11.0. The lowest BCUT2D eigenvalue weighted by atomic mass is 10.0. The molecule has 16 nitrogen and oxygen atoms in total. The van der Waals surface area contributed by atoms with Crippen molar-refractivity contribution in [2.45, 2.75) is 70.5 Å². The number of primary amides is 1. The monoisotopic (exact) mass is 846 g/mol. The molecule has 63 heavy (non-hydrogen) atoms. The lowest BCUT2D eigenvalue weighted by Gasteiger charge is -2.12. The van der Waals surface area contributed by atoms with Gasteiger partial charge in [-0.15, -0.1) is 0 Å². The number of rotatable bonds is 13. The molecule has 16 heteroatoms. The molecular weight excluding hydrogens is 801 g/mol. The van der Waals surface area contributed by atoms with Crippen LogP contribution in [0.25, 0.3) is 11.4 Å². The lowest BCUT2D eigenvalue weighted by Crippen LogP contribution is -2.25. The molecule has 0 bridgehead atoms. The molecule has 3 saturated carbocycles. The van der Waals surface area contributed by atoms with Crippen molar-refractivity contribution in [3.63, 3.8) is 0 Å². The Hall–Kier alpha value is -7.88. The van der Waals surface area contributed by atoms with Gasteiger partial charge in [-0.3, -0.25) is 37.9 Å². The number of nitrogens with zero attached hydrogens (tertiary/aromatic N) is 4. The number of benzene rings is 4. The first kappa shape index (κ1) is 41.8. The summed E-state index contributed by atoms with van der Waals surface area (Å²) < 4.78 is 3.19. The highest BCUT2D eigenvalue weighted by molar-refractivity contribution is 6.12. The number of nitrogens with two attached hydrogens (primary N) is 3. The van der Waals surface area contributed by atoms with Gasteiger partial charge in [0.1, 0.15) is 24.3 Å². The van der Waals surface area contributed by atoms with Crippen molar-refractivity contribution in [3.05, 3.63) is 153 Å². The number of carbonyl (C=O) groups excluding carboxylic acids is 6. The van der Waals surface area contributed by atoms with Crippen LogP contribution in [0, 0.1) is 13.8 Å². The summed E-state index contributed by atoms with van der Waals surface area (Å²) in [6.07, 6.45) is 8.93. The van der Waals surface area contributed by atoms with Crippen LogP contribution >= 0.6 is 0 Å². The Morgan fingerprint density at radius 3 is 1.24 bits per heavy atom. The molecule has 4 aromatic carbocycles. The quantitative estimate of drug-likeness (QED) is 0.0869. The van der Waals surface area contributed by atoms with Crippen LogP contribution in [0.1, 0.15) is 123 Å². The first-order chi connectivity index (χ1) is 30.2. The number of carbonyl (C=O) groups is 6. The van der Waals surface area contributed by atoms with Crippen LogP contribution in [0.4, 0.5) is 11.6 Å². The van der Waals surface area contributed by atoms with E-state index in [1.54, 1.807) is 69.8 Å². The maximum absolute atomic E-state index is 13.2. The van der Waals surface area contributed by atoms with E-state index >= 15 is 0 Å². The molecule has 3 fully saturated rings. The first-order valence-electron chi connectivity index (χ1n) is 20.6. The maximum Gasteiger partial charge on any atom is 0.251 e. The number of hydrogen-bond acceptors (Lipinski definition) is 10. The summed E-state index contributed by atoms with van der Waals surface area (Å²) in [5, 5.41) is 8.85. The number of nitrogens with one attached hydrogen (secondary N) is 3. The van der Waals surface area contributed by atoms with Crippen LogP contribution in [0.5, 0.6) is 0 Å². The standard InChI is InChI=1S/C25H25N5O3.C22H21N5O3/c1-14-5-6-17(25(33)29-19-9-10-19)12-20(14)30-13-27-21(23(30)26)22(31)15-3-2-4-16(11-15)24(32)28-18-7-8-18;1-12-5-6-15(22(30)26-16-7-8-16)10-17(12)27-11-25-18(20(27)23)19(28)13-3-2-4-14(9-13)21(24)29/h2-6,11-13,18-19H,7-10,26H2,1H3,(H,28,32)(H,29,33);2-6,9-11,16H,7-8,23H2,1H3,(H2,24,29)(H,26,30). The molecule has 320 valence electrons. The zero-order chi connectivity index (χ0) is 44.5. The van der Waals surface area contributed by atoms with Crippen molar-refractivity contribution >= 4 is 46.8 Å². The number of anilines is 2. The van der Waals surface area contributed by atoms with Crippen LogP contribution in [-0.2, 0) is 0 Å². The van der Waals surface area contributed by atoms with Gasteiger partial charge in [-0.1, -0.05) is 36.4 Å². The highest BCUT2D eigenvalue weighted by Crippen LogP contribution is 2.27. The van der Waals surface area contributed by atoms with Crippen molar-refractivity contribution in [1.29, 1.82) is 0 Å². The van der Waals surface area contributed by atoms with E-state index < -0.39 is 11.7 Å². The van der Waals surface area contributed by atoms with E-state index in [-0.39, 0.29) is 75.8 Å². The summed E-state index contributed by atoms with van der Waals surface area (Å²) in [7, 11) is 0. The largest absolute Gasteiger partial charge is 0.383 e. The van der Waals surface area contributed by atoms with Crippen molar-refractivity contribution < 1.29 is 28.8 Å². The fourth-order valence-electron chi connectivity index (χ4n) is 6.85. The van der Waals surface area contributed by atoms with Gasteiger partial charge in [0.2, 0.25) is 17.5 Å². The number of amides is 4. The molecule has 2 heterocycles. The molecule has 0 radical (unpaired) electrons. The zero-order valence-electron chi connectivity index (χ0n) is 34.7. The minimum atomic E-state index is -0.625. The SMILES string of the molecule is Cc1ccc(C(=O)NC2CC2)cc1-n1cnc(C(=O)c2cccc(C(=O)NC3CC3)c2)c1N.Cc1ccc(C(=O)NC2CC2)cc1-n1cnc(C(=O)c2cccc(C(N)=O)c2)c1N. The summed E-state index contributed by atoms with van der Waals surface area (Å²) in [5.74, 6) is -1.56. The Balaban J connectivity index is 0.000000174. The molecule has 0 unspecified atom stereocenters. The third-order valence-corrected chi connectivity index (χ3v) is 11.0. The van der Waals surface area contributed by atoms with Crippen LogP contribution in [0.2, 0.25) is 0 Å². The molecule has 0 spiro atoms. The molecule has 6 aromatic rings. The number of hydrogen-bond donors (Lipinski definition) is 6. The van der Waals surface area contributed by atoms with E-state index in [1.165, 1.54) is 24.8 Å². The van der Waals surface area contributed by atoms with E-state index in [0.29, 0.717) is 33.6 Å². The van der Waals surface area contributed by atoms with E-state index in [2.05, 4.69) is 25.9 Å². The second kappa shape index (κ2) is 17.2. The maximum atomic E-state index is 13.2. The minimum Gasteiger partial charge on any atom is -0.383 e. The number of ketones is 2. The molecular formula is C47H46N10O6. The van der Waals surface area contributed by atoms with Gasteiger partial charge in [0, 0.05) is 51.5 Å². The molecule has 0 saturated heterocycles. The highest BCUT2D eigenvalue weighted by Gasteiger charge is 2.28. The van der Waals surface area contributed by atoms with E-state index in [4.69, 9.17) is 17.2 Å². The molecule has 9 N–H and O–H groups in total. The van der Waals surface area contributed by atoms with E-state index in [1.807, 2.05) is 26.0 Å². The molecule has 2 aromatic heterocycles. The number of aromatic nitrogens is 4. The van der Waals surface area contributed by atoms with Gasteiger partial charge in [-0.2, -0.15) is 0 Å². The normalized spacial score (nSPS) is 14.2. The van der Waals surface area contributed by atoms with Crippen LogP contribution in [0.3, 0.4) is 0 Å². The lowest BCUT2D eigenvalue weighted by molar-refractivity contribution is 0.0942. The molecule has 0 aliphatic heterocycles. The van der Waals surface area contributed by atoms with Crippen LogP contribution in [0.15, 0.2) is 97.6 Å². The second-order valence-corrected chi connectivity index (χ2v) is 16.1.